The van der Waals surface area contributed by atoms with Crippen LogP contribution >= 0.6 is 0 Å². The highest BCUT2D eigenvalue weighted by Crippen LogP contribution is 2.20. The highest BCUT2D eigenvalue weighted by atomic mass is 16.5. The lowest BCUT2D eigenvalue weighted by molar-refractivity contribution is 0.339. The molecule has 0 bridgehead atoms. The summed E-state index contributed by atoms with van der Waals surface area (Å²) in [7, 11) is 0. The summed E-state index contributed by atoms with van der Waals surface area (Å²) in [5, 5.41) is 0. The van der Waals surface area contributed by atoms with E-state index in [-0.39, 0.29) is 0 Å². The van der Waals surface area contributed by atoms with Gasteiger partial charge in [0.2, 0.25) is 0 Å². The number of hydrogen-bond donors (Lipinski definition) is 0. The summed E-state index contributed by atoms with van der Waals surface area (Å²) in [6, 6.07) is 7.15. The van der Waals surface area contributed by atoms with Crippen molar-refractivity contribution in [3.63, 3.8) is 0 Å². The third-order valence-electron chi connectivity index (χ3n) is 2.82. The molecule has 0 unspecified atom stereocenters. The smallest absolute Gasteiger partial charge is 0.321 e. The van der Waals surface area contributed by atoms with Crippen molar-refractivity contribution < 1.29 is 4.74 Å². The molecule has 100 valence electrons. The van der Waals surface area contributed by atoms with E-state index in [1.54, 1.807) is 30.6 Å². The maximum absolute atomic E-state index is 12.1. The Bertz CT molecular complexity index is 686. The first-order valence-electron chi connectivity index (χ1n) is 6.23. The molecule has 19 heavy (non-hydrogen) atoms. The van der Waals surface area contributed by atoms with Gasteiger partial charge in [-0.05, 0) is 26.0 Å². The van der Waals surface area contributed by atoms with Crippen molar-refractivity contribution in [2.75, 3.05) is 6.61 Å². The first-order valence-corrected chi connectivity index (χ1v) is 6.23. The maximum atomic E-state index is 12.1. The number of hydrogen-bond acceptors (Lipinski definition) is 3. The van der Waals surface area contributed by atoms with Gasteiger partial charge in [-0.3, -0.25) is 14.2 Å². The summed E-state index contributed by atoms with van der Waals surface area (Å²) >= 11 is 0. The topological polar surface area (TPSA) is 53.2 Å². The van der Waals surface area contributed by atoms with Gasteiger partial charge in [0, 0.05) is 18.9 Å². The van der Waals surface area contributed by atoms with E-state index in [1.807, 2.05) is 19.9 Å². The van der Waals surface area contributed by atoms with Crippen LogP contribution in [0.1, 0.15) is 13.8 Å². The van der Waals surface area contributed by atoms with Gasteiger partial charge in [-0.1, -0.05) is 12.1 Å². The van der Waals surface area contributed by atoms with Gasteiger partial charge < -0.3 is 9.30 Å². The fourth-order valence-electron chi connectivity index (χ4n) is 1.88. The summed E-state index contributed by atoms with van der Waals surface area (Å²) in [6.45, 7) is 4.66. The zero-order valence-corrected chi connectivity index (χ0v) is 11.0. The van der Waals surface area contributed by atoms with E-state index in [2.05, 4.69) is 0 Å². The summed E-state index contributed by atoms with van der Waals surface area (Å²) in [5.74, 6) is 0.584. The zero-order chi connectivity index (χ0) is 13.8. The van der Waals surface area contributed by atoms with E-state index in [0.29, 0.717) is 24.6 Å². The Morgan fingerprint density at radius 2 is 1.79 bits per heavy atom. The Morgan fingerprint density at radius 3 is 2.47 bits per heavy atom. The van der Waals surface area contributed by atoms with Crippen molar-refractivity contribution in [3.05, 3.63) is 57.4 Å². The van der Waals surface area contributed by atoms with Crippen LogP contribution in [0.4, 0.5) is 0 Å². The van der Waals surface area contributed by atoms with Crippen molar-refractivity contribution in [2.24, 2.45) is 0 Å². The lowest BCUT2D eigenvalue weighted by Crippen LogP contribution is -2.39. The van der Waals surface area contributed by atoms with Crippen LogP contribution in [-0.2, 0) is 6.54 Å². The second kappa shape index (κ2) is 5.56. The Balaban J connectivity index is 2.64. The Kier molecular flexibility index (Phi) is 3.85. The molecule has 0 aliphatic heterocycles. The molecule has 0 spiro atoms. The maximum Gasteiger partial charge on any atom is 0.321 e. The van der Waals surface area contributed by atoms with E-state index in [4.69, 9.17) is 4.74 Å². The normalized spacial score (nSPS) is 10.4. The SMILES string of the molecule is CCOc1ccccc1-n1ccn(CC)c(=O)c1=O. The minimum absolute atomic E-state index is 0.474. The summed E-state index contributed by atoms with van der Waals surface area (Å²) < 4.78 is 8.17. The Labute approximate surface area is 110 Å². The average Bonchev–Trinajstić information content (AvgIpc) is 2.43. The predicted octanol–water partition coefficient (Wildman–Crippen LogP) is 1.42. The zero-order valence-electron chi connectivity index (χ0n) is 11.0. The highest BCUT2D eigenvalue weighted by molar-refractivity contribution is 5.46. The summed E-state index contributed by atoms with van der Waals surface area (Å²) in [4.78, 5) is 23.9. The third kappa shape index (κ3) is 2.45. The van der Waals surface area contributed by atoms with Crippen LogP contribution < -0.4 is 15.9 Å². The molecule has 0 saturated carbocycles. The minimum Gasteiger partial charge on any atom is -0.492 e. The van der Waals surface area contributed by atoms with Gasteiger partial charge in [-0.15, -0.1) is 0 Å². The molecule has 0 fully saturated rings. The van der Waals surface area contributed by atoms with Gasteiger partial charge in [0.05, 0.1) is 12.3 Å². The average molecular weight is 260 g/mol. The van der Waals surface area contributed by atoms with Crippen LogP contribution in [0.15, 0.2) is 46.2 Å². The van der Waals surface area contributed by atoms with Gasteiger partial charge in [-0.2, -0.15) is 0 Å². The second-order valence-corrected chi connectivity index (χ2v) is 3.97. The molecule has 0 N–H and O–H groups in total. The fraction of sp³-hybridized carbons (Fsp3) is 0.286. The molecule has 1 heterocycles. The molecule has 0 atom stereocenters. The molecule has 0 aliphatic rings. The van der Waals surface area contributed by atoms with Gasteiger partial charge >= 0.3 is 11.1 Å². The molecule has 0 amide bonds. The second-order valence-electron chi connectivity index (χ2n) is 3.97. The fourth-order valence-corrected chi connectivity index (χ4v) is 1.88. The van der Waals surface area contributed by atoms with E-state index >= 15 is 0 Å². The molecule has 0 saturated heterocycles. The minimum atomic E-state index is -0.573. The van der Waals surface area contributed by atoms with Crippen LogP contribution in [-0.4, -0.2) is 15.7 Å². The van der Waals surface area contributed by atoms with E-state index in [9.17, 15) is 9.59 Å². The van der Waals surface area contributed by atoms with Gasteiger partial charge in [-0.25, -0.2) is 0 Å². The molecule has 2 rings (SSSR count). The molecule has 0 aliphatic carbocycles. The molecule has 0 radical (unpaired) electrons. The largest absolute Gasteiger partial charge is 0.492 e. The number of para-hydroxylation sites is 2. The van der Waals surface area contributed by atoms with Crippen molar-refractivity contribution in [1.82, 2.24) is 9.13 Å². The Morgan fingerprint density at radius 1 is 1.05 bits per heavy atom. The van der Waals surface area contributed by atoms with Crippen molar-refractivity contribution in [1.29, 1.82) is 0 Å². The molecule has 1 aromatic carbocycles. The van der Waals surface area contributed by atoms with Gasteiger partial charge in [0.1, 0.15) is 5.75 Å². The Hall–Kier alpha value is -2.30. The lowest BCUT2D eigenvalue weighted by Gasteiger charge is -2.12. The third-order valence-corrected chi connectivity index (χ3v) is 2.82. The van der Waals surface area contributed by atoms with Crippen LogP contribution in [0.2, 0.25) is 0 Å². The van der Waals surface area contributed by atoms with E-state index < -0.39 is 11.1 Å². The van der Waals surface area contributed by atoms with E-state index in [0.717, 1.165) is 0 Å². The molecule has 5 heteroatoms. The van der Waals surface area contributed by atoms with Gasteiger partial charge in [0.25, 0.3) is 0 Å². The van der Waals surface area contributed by atoms with Crippen LogP contribution in [0.25, 0.3) is 5.69 Å². The lowest BCUT2D eigenvalue weighted by atomic mass is 10.3. The number of aromatic nitrogens is 2. The highest BCUT2D eigenvalue weighted by Gasteiger charge is 2.09. The molecule has 2 aromatic rings. The predicted molar refractivity (Wildman–Crippen MR) is 73.1 cm³/mol. The first kappa shape index (κ1) is 13.1. The van der Waals surface area contributed by atoms with Crippen molar-refractivity contribution in [2.45, 2.75) is 20.4 Å². The van der Waals surface area contributed by atoms with Crippen LogP contribution in [0.5, 0.6) is 5.75 Å². The molecular weight excluding hydrogens is 244 g/mol. The quantitative estimate of drug-likeness (QED) is 0.781. The van der Waals surface area contributed by atoms with Crippen LogP contribution in [0.3, 0.4) is 0 Å². The summed E-state index contributed by atoms with van der Waals surface area (Å²) in [5.41, 5.74) is -0.525. The monoisotopic (exact) mass is 260 g/mol. The molecular formula is C14H16N2O3. The summed E-state index contributed by atoms with van der Waals surface area (Å²) in [6.07, 6.45) is 3.19. The van der Waals surface area contributed by atoms with Crippen LogP contribution in [0, 0.1) is 0 Å². The number of ether oxygens (including phenoxy) is 1. The molecule has 5 nitrogen and oxygen atoms in total. The van der Waals surface area contributed by atoms with Crippen molar-refractivity contribution in [3.8, 4) is 11.4 Å². The number of aryl methyl sites for hydroxylation is 1. The van der Waals surface area contributed by atoms with E-state index in [1.165, 1.54) is 9.13 Å². The first-order chi connectivity index (χ1) is 9.19. The van der Waals surface area contributed by atoms with Gasteiger partial charge in [0.15, 0.2) is 0 Å². The molecule has 1 aromatic heterocycles. The number of nitrogens with zero attached hydrogens (tertiary/aromatic N) is 2. The van der Waals surface area contributed by atoms with Crippen molar-refractivity contribution >= 4 is 0 Å². The number of benzene rings is 1. The number of rotatable bonds is 4. The standard InChI is InChI=1S/C14H16N2O3/c1-3-15-9-10-16(14(18)13(15)17)11-7-5-6-8-12(11)19-4-2/h5-10H,3-4H2,1-2H3.